The van der Waals surface area contributed by atoms with E-state index in [0.29, 0.717) is 29.7 Å². The smallest absolute Gasteiger partial charge is 0.287 e. The number of hydrogen-bond donors (Lipinski definition) is 4. The van der Waals surface area contributed by atoms with Gasteiger partial charge in [0.2, 0.25) is 17.6 Å². The Morgan fingerprint density at radius 2 is 1.79 bits per heavy atom. The van der Waals surface area contributed by atoms with Crippen molar-refractivity contribution in [3.8, 4) is 0 Å². The van der Waals surface area contributed by atoms with Gasteiger partial charge in [-0.2, -0.15) is 0 Å². The highest BCUT2D eigenvalue weighted by Gasteiger charge is 2.57. The van der Waals surface area contributed by atoms with E-state index in [0.717, 1.165) is 25.7 Å². The van der Waals surface area contributed by atoms with Crippen LogP contribution in [0.15, 0.2) is 35.6 Å². The van der Waals surface area contributed by atoms with E-state index in [2.05, 4.69) is 33.2 Å². The average molecular weight is 664 g/mol. The molecule has 13 heteroatoms. The van der Waals surface area contributed by atoms with Gasteiger partial charge >= 0.3 is 0 Å². The molecule has 4 saturated carbocycles. The molecule has 0 radical (unpaired) electrons. The zero-order valence-electron chi connectivity index (χ0n) is 28.5. The van der Waals surface area contributed by atoms with Gasteiger partial charge in [-0.3, -0.25) is 28.8 Å². The number of ketones is 1. The summed E-state index contributed by atoms with van der Waals surface area (Å²) in [5, 5.41) is 10.9. The van der Waals surface area contributed by atoms with E-state index in [-0.39, 0.29) is 48.8 Å². The fraction of sp³-hybridized carbons (Fsp3) is 0.629. The van der Waals surface area contributed by atoms with E-state index in [4.69, 9.17) is 0 Å². The van der Waals surface area contributed by atoms with Crippen LogP contribution in [0.1, 0.15) is 96.0 Å². The number of anilines is 1. The molecule has 2 heterocycles. The molecule has 260 valence electrons. The molecule has 2 aromatic heterocycles. The van der Waals surface area contributed by atoms with Gasteiger partial charge in [0.1, 0.15) is 24.0 Å². The summed E-state index contributed by atoms with van der Waals surface area (Å²) in [6.07, 6.45) is 11.9. The highest BCUT2D eigenvalue weighted by atomic mass is 16.2. The first-order valence-electron chi connectivity index (χ1n) is 17.3. The third kappa shape index (κ3) is 8.04. The Labute approximate surface area is 281 Å². The monoisotopic (exact) mass is 663 g/mol. The van der Waals surface area contributed by atoms with E-state index >= 15 is 0 Å². The Hall–Kier alpha value is -4.29. The molecule has 4 amide bonds. The molecule has 4 fully saturated rings. The molecule has 3 atom stereocenters. The van der Waals surface area contributed by atoms with Crippen molar-refractivity contribution >= 4 is 35.1 Å². The van der Waals surface area contributed by atoms with Crippen LogP contribution in [0.4, 0.5) is 5.69 Å². The summed E-state index contributed by atoms with van der Waals surface area (Å²) in [5.74, 6) is -1.55. The number of rotatable bonds is 15. The molecule has 4 aliphatic carbocycles. The van der Waals surface area contributed by atoms with Crippen molar-refractivity contribution in [3.05, 3.63) is 46.9 Å². The van der Waals surface area contributed by atoms with Crippen molar-refractivity contribution in [2.75, 3.05) is 11.9 Å². The summed E-state index contributed by atoms with van der Waals surface area (Å²) in [4.78, 5) is 82.0. The SMILES string of the molecule is CCNC(=O)C(=O)CC[C@H](NC(=O)c1cn(CC(C)C)cn1)C(=O)Nc1cccn(CC(=O)NC23CC4CC(CC(CC)(C4)C2)C3)c1=O. The van der Waals surface area contributed by atoms with E-state index in [1.807, 2.05) is 13.8 Å². The van der Waals surface area contributed by atoms with Crippen molar-refractivity contribution in [1.29, 1.82) is 0 Å². The molecular weight excluding hydrogens is 614 g/mol. The van der Waals surface area contributed by atoms with Gasteiger partial charge in [0.05, 0.1) is 6.33 Å². The summed E-state index contributed by atoms with van der Waals surface area (Å²) < 4.78 is 3.02. The van der Waals surface area contributed by atoms with Gasteiger partial charge in [0.15, 0.2) is 0 Å². The van der Waals surface area contributed by atoms with Gasteiger partial charge in [0.25, 0.3) is 17.4 Å². The van der Waals surface area contributed by atoms with Crippen molar-refractivity contribution in [2.45, 2.75) is 110 Å². The molecule has 0 aromatic carbocycles. The van der Waals surface area contributed by atoms with E-state index in [9.17, 15) is 28.8 Å². The predicted molar refractivity (Wildman–Crippen MR) is 179 cm³/mol. The van der Waals surface area contributed by atoms with E-state index in [1.54, 1.807) is 23.8 Å². The second-order valence-electron chi connectivity index (χ2n) is 14.7. The Morgan fingerprint density at radius 3 is 2.46 bits per heavy atom. The lowest BCUT2D eigenvalue weighted by Crippen LogP contribution is -2.63. The molecule has 0 spiro atoms. The second-order valence-corrected chi connectivity index (χ2v) is 14.7. The topological polar surface area (TPSA) is 173 Å². The Kier molecular flexibility index (Phi) is 10.5. The molecule has 6 rings (SSSR count). The minimum atomic E-state index is -1.26. The summed E-state index contributed by atoms with van der Waals surface area (Å²) in [7, 11) is 0. The maximum absolute atomic E-state index is 13.5. The predicted octanol–water partition coefficient (Wildman–Crippen LogP) is 2.79. The third-order valence-corrected chi connectivity index (χ3v) is 10.2. The number of imidazole rings is 1. The Morgan fingerprint density at radius 1 is 1.06 bits per heavy atom. The van der Waals surface area contributed by atoms with Crippen molar-refractivity contribution in [3.63, 3.8) is 0 Å². The van der Waals surface area contributed by atoms with Crippen LogP contribution in [0, 0.1) is 23.2 Å². The summed E-state index contributed by atoms with van der Waals surface area (Å²) in [5.41, 5.74) is -0.504. The van der Waals surface area contributed by atoms with Crippen LogP contribution in [0.3, 0.4) is 0 Å². The van der Waals surface area contributed by atoms with Crippen LogP contribution >= 0.6 is 0 Å². The van der Waals surface area contributed by atoms with Crippen LogP contribution in [0.5, 0.6) is 0 Å². The molecule has 2 unspecified atom stereocenters. The van der Waals surface area contributed by atoms with E-state index < -0.39 is 35.1 Å². The molecule has 4 bridgehead atoms. The Bertz CT molecular complexity index is 1600. The molecule has 4 N–H and O–H groups in total. The van der Waals surface area contributed by atoms with Gasteiger partial charge in [-0.25, -0.2) is 4.98 Å². The fourth-order valence-electron chi connectivity index (χ4n) is 8.63. The first kappa shape index (κ1) is 35.0. The zero-order valence-corrected chi connectivity index (χ0v) is 28.5. The number of likely N-dealkylation sites (N-methyl/N-ethyl adjacent to an activating group) is 1. The molecule has 4 aliphatic rings. The van der Waals surface area contributed by atoms with Gasteiger partial charge in [-0.1, -0.05) is 27.2 Å². The van der Waals surface area contributed by atoms with Gasteiger partial charge in [0, 0.05) is 37.4 Å². The van der Waals surface area contributed by atoms with Crippen molar-refractivity contribution in [1.82, 2.24) is 30.1 Å². The lowest BCUT2D eigenvalue weighted by Gasteiger charge is -2.62. The van der Waals surface area contributed by atoms with Crippen LogP contribution in [0.25, 0.3) is 0 Å². The number of aromatic nitrogens is 3. The van der Waals surface area contributed by atoms with Crippen LogP contribution in [-0.4, -0.2) is 61.7 Å². The number of nitrogens with one attached hydrogen (secondary N) is 4. The lowest BCUT2D eigenvalue weighted by atomic mass is 9.46. The molecule has 13 nitrogen and oxygen atoms in total. The Balaban J connectivity index is 1.26. The standard InChI is InChI=1S/C35H49N7O6/c1-5-34-13-23-12-24(14-34)16-35(15-23,20-34)40-29(44)19-42-11-7-8-26(33(42)48)39-30(45)25(9-10-28(43)32(47)36-6-2)38-31(46)27-18-41(21-37-27)17-22(3)4/h7-8,11,18,21-25H,5-6,9-10,12-17,19-20H2,1-4H3,(H,36,47)(H,38,46)(H,39,45)(H,40,44)/t23?,24?,25-,34?,35?/m0/s1. The van der Waals surface area contributed by atoms with Gasteiger partial charge in [-0.15, -0.1) is 0 Å². The summed E-state index contributed by atoms with van der Waals surface area (Å²) >= 11 is 0. The summed E-state index contributed by atoms with van der Waals surface area (Å²) in [6, 6.07) is 1.73. The summed E-state index contributed by atoms with van der Waals surface area (Å²) in [6.45, 7) is 8.70. The average Bonchev–Trinajstić information content (AvgIpc) is 3.48. The quantitative estimate of drug-likeness (QED) is 0.212. The van der Waals surface area contributed by atoms with E-state index in [1.165, 1.54) is 42.4 Å². The zero-order chi connectivity index (χ0) is 34.6. The number of nitrogens with zero attached hydrogens (tertiary/aromatic N) is 3. The molecular formula is C35H49N7O6. The molecule has 0 aliphatic heterocycles. The normalized spacial score (nSPS) is 24.6. The van der Waals surface area contributed by atoms with Crippen molar-refractivity contribution in [2.24, 2.45) is 23.2 Å². The first-order chi connectivity index (χ1) is 22.8. The third-order valence-electron chi connectivity index (χ3n) is 10.2. The van der Waals surface area contributed by atoms with Crippen LogP contribution < -0.4 is 26.8 Å². The minimum Gasteiger partial charge on any atom is -0.350 e. The maximum atomic E-state index is 13.5. The second kappa shape index (κ2) is 14.4. The highest BCUT2D eigenvalue weighted by molar-refractivity contribution is 6.36. The van der Waals surface area contributed by atoms with Gasteiger partial charge < -0.3 is 30.4 Å². The fourth-order valence-corrected chi connectivity index (χ4v) is 8.63. The number of Topliss-reactive ketones (excluding diaryl/α,β-unsaturated/α-hetero) is 1. The van der Waals surface area contributed by atoms with Gasteiger partial charge in [-0.05, 0) is 87.2 Å². The number of pyridine rings is 1. The van der Waals surface area contributed by atoms with Crippen molar-refractivity contribution < 1.29 is 24.0 Å². The van der Waals surface area contributed by atoms with Crippen LogP contribution in [0.2, 0.25) is 0 Å². The molecule has 2 aromatic rings. The maximum Gasteiger partial charge on any atom is 0.287 e. The highest BCUT2D eigenvalue weighted by Crippen LogP contribution is 2.62. The first-order valence-corrected chi connectivity index (χ1v) is 17.3. The molecule has 48 heavy (non-hydrogen) atoms. The molecule has 0 saturated heterocycles. The largest absolute Gasteiger partial charge is 0.350 e. The van der Waals surface area contributed by atoms with Crippen LogP contribution in [-0.2, 0) is 32.3 Å². The number of carbonyl (C=O) groups is 5. The minimum absolute atomic E-state index is 0.0782. The number of amides is 4. The number of hydrogen-bond acceptors (Lipinski definition) is 7. The lowest BCUT2D eigenvalue weighted by molar-refractivity contribution is -0.138. The number of carbonyl (C=O) groups excluding carboxylic acids is 5.